The molecule has 1 aromatic rings. The van der Waals surface area contributed by atoms with Gasteiger partial charge in [-0.3, -0.25) is 0 Å². The molecule has 0 amide bonds. The van der Waals surface area contributed by atoms with Crippen molar-refractivity contribution in [2.45, 2.75) is 23.8 Å². The van der Waals surface area contributed by atoms with Crippen LogP contribution in [0.5, 0.6) is 0 Å². The maximum absolute atomic E-state index is 12.7. The van der Waals surface area contributed by atoms with Crippen LogP contribution < -0.4 is 5.73 Å². The second-order valence-corrected chi connectivity index (χ2v) is 6.81. The van der Waals surface area contributed by atoms with E-state index in [0.717, 1.165) is 0 Å². The molecule has 21 heavy (non-hydrogen) atoms. The quantitative estimate of drug-likeness (QED) is 0.609. The fraction of sp³-hybridized carbons (Fsp3) is 0.462. The molecule has 1 aliphatic rings. The minimum atomic E-state index is -3.91. The van der Waals surface area contributed by atoms with Gasteiger partial charge in [-0.2, -0.15) is 4.31 Å². The van der Waals surface area contributed by atoms with Crippen molar-refractivity contribution < 1.29 is 23.1 Å². The Bertz CT molecular complexity index is 644. The third kappa shape index (κ3) is 3.17. The number of anilines is 1. The fourth-order valence-electron chi connectivity index (χ4n) is 2.31. The van der Waals surface area contributed by atoms with E-state index in [0.29, 0.717) is 19.4 Å². The van der Waals surface area contributed by atoms with Gasteiger partial charge in [0.25, 0.3) is 0 Å². The van der Waals surface area contributed by atoms with Gasteiger partial charge in [0.15, 0.2) is 0 Å². The molecule has 1 saturated heterocycles. The Hall–Kier alpha value is -1.64. The molecule has 1 atom stereocenters. The highest BCUT2D eigenvalue weighted by Gasteiger charge is 2.32. The molecule has 7 nitrogen and oxygen atoms in total. The van der Waals surface area contributed by atoms with Crippen LogP contribution in [-0.2, 0) is 14.8 Å². The number of rotatable bonds is 3. The summed E-state index contributed by atoms with van der Waals surface area (Å²) < 4.78 is 31.1. The maximum Gasteiger partial charge on any atom is 0.339 e. The third-order valence-corrected chi connectivity index (χ3v) is 5.29. The Morgan fingerprint density at radius 2 is 2.19 bits per heavy atom. The van der Waals surface area contributed by atoms with Gasteiger partial charge in [-0.1, -0.05) is 0 Å². The van der Waals surface area contributed by atoms with Crippen molar-refractivity contribution in [3.8, 4) is 0 Å². The molecule has 1 aromatic carbocycles. The maximum atomic E-state index is 12.7. The van der Waals surface area contributed by atoms with Crippen LogP contribution in [0, 0.1) is 0 Å². The lowest BCUT2D eigenvalue weighted by Crippen LogP contribution is -2.42. The van der Waals surface area contributed by atoms with Crippen LogP contribution in [0.15, 0.2) is 23.1 Å². The van der Waals surface area contributed by atoms with Crippen molar-refractivity contribution in [1.82, 2.24) is 4.31 Å². The Kier molecular flexibility index (Phi) is 4.50. The molecule has 1 aliphatic heterocycles. The number of aliphatic hydroxyl groups excluding tert-OH is 1. The number of carbonyl (C=O) groups excluding carboxylic acids is 1. The Morgan fingerprint density at radius 3 is 2.81 bits per heavy atom. The topological polar surface area (TPSA) is 110 Å². The number of hydrogen-bond acceptors (Lipinski definition) is 6. The van der Waals surface area contributed by atoms with Crippen LogP contribution in [0.3, 0.4) is 0 Å². The number of carbonyl (C=O) groups is 1. The lowest BCUT2D eigenvalue weighted by Gasteiger charge is -2.29. The summed E-state index contributed by atoms with van der Waals surface area (Å²) in [5.74, 6) is -0.744. The van der Waals surface area contributed by atoms with Crippen molar-refractivity contribution in [3.63, 3.8) is 0 Å². The van der Waals surface area contributed by atoms with Gasteiger partial charge >= 0.3 is 5.97 Å². The van der Waals surface area contributed by atoms with Gasteiger partial charge in [0.1, 0.15) is 0 Å². The molecule has 0 saturated carbocycles. The van der Waals surface area contributed by atoms with Gasteiger partial charge in [0, 0.05) is 18.8 Å². The standard InChI is InChI=1S/C13H18N2O5S/c1-20-13(17)11-5-4-9(14)7-12(11)21(18,19)15-6-2-3-10(16)8-15/h4-5,7,10,16H,2-3,6,8,14H2,1H3/t10-/m0/s1. The number of methoxy groups -OCH3 is 1. The highest BCUT2D eigenvalue weighted by Crippen LogP contribution is 2.26. The normalized spacial score (nSPS) is 20.2. The summed E-state index contributed by atoms with van der Waals surface area (Å²) in [4.78, 5) is 11.6. The zero-order valence-electron chi connectivity index (χ0n) is 11.7. The van der Waals surface area contributed by atoms with Crippen LogP contribution in [-0.4, -0.2) is 50.1 Å². The van der Waals surface area contributed by atoms with Crippen molar-refractivity contribution in [2.75, 3.05) is 25.9 Å². The number of hydrogen-bond donors (Lipinski definition) is 2. The van der Waals surface area contributed by atoms with E-state index >= 15 is 0 Å². The predicted molar refractivity (Wildman–Crippen MR) is 76.2 cm³/mol. The number of nitrogens with zero attached hydrogens (tertiary/aromatic N) is 1. The first-order valence-corrected chi connectivity index (χ1v) is 7.96. The lowest BCUT2D eigenvalue weighted by atomic mass is 10.1. The molecule has 0 unspecified atom stereocenters. The average molecular weight is 314 g/mol. The van der Waals surface area contributed by atoms with E-state index in [1.807, 2.05) is 0 Å². The van der Waals surface area contributed by atoms with Gasteiger partial charge in [0.2, 0.25) is 10.0 Å². The van der Waals surface area contributed by atoms with Gasteiger partial charge in [-0.25, -0.2) is 13.2 Å². The monoisotopic (exact) mass is 314 g/mol. The summed E-state index contributed by atoms with van der Waals surface area (Å²) in [6.07, 6.45) is 0.430. The fourth-order valence-corrected chi connectivity index (χ4v) is 4.04. The van der Waals surface area contributed by atoms with Crippen molar-refractivity contribution >= 4 is 21.7 Å². The van der Waals surface area contributed by atoms with Crippen molar-refractivity contribution in [2.24, 2.45) is 0 Å². The van der Waals surface area contributed by atoms with Crippen LogP contribution in [0.25, 0.3) is 0 Å². The zero-order valence-corrected chi connectivity index (χ0v) is 12.5. The molecule has 3 N–H and O–H groups in total. The van der Waals surface area contributed by atoms with Gasteiger partial charge in [-0.05, 0) is 31.0 Å². The molecule has 0 aliphatic carbocycles. The SMILES string of the molecule is COC(=O)c1ccc(N)cc1S(=O)(=O)N1CCC[C@H](O)C1. The Morgan fingerprint density at radius 1 is 1.48 bits per heavy atom. The van der Waals surface area contributed by atoms with Crippen LogP contribution in [0.1, 0.15) is 23.2 Å². The average Bonchev–Trinajstić information content (AvgIpc) is 2.46. The van der Waals surface area contributed by atoms with E-state index < -0.39 is 22.1 Å². The first-order chi connectivity index (χ1) is 9.86. The van der Waals surface area contributed by atoms with Gasteiger partial charge in [0.05, 0.1) is 23.7 Å². The van der Waals surface area contributed by atoms with Gasteiger partial charge < -0.3 is 15.6 Å². The first-order valence-electron chi connectivity index (χ1n) is 6.52. The number of aliphatic hydroxyl groups is 1. The lowest BCUT2D eigenvalue weighted by molar-refractivity contribution is 0.0596. The zero-order chi connectivity index (χ0) is 15.6. The number of nitrogen functional groups attached to an aromatic ring is 1. The summed E-state index contributed by atoms with van der Waals surface area (Å²) in [6.45, 7) is 0.312. The molecule has 1 fully saturated rings. The molecule has 0 spiro atoms. The first kappa shape index (κ1) is 15.7. The Labute approximate surface area is 123 Å². The predicted octanol–water partition coefficient (Wildman–Crippen LogP) is 0.201. The van der Waals surface area contributed by atoms with E-state index in [2.05, 4.69) is 4.74 Å². The highest BCUT2D eigenvalue weighted by molar-refractivity contribution is 7.89. The highest BCUT2D eigenvalue weighted by atomic mass is 32.2. The summed E-state index contributed by atoms with van der Waals surface area (Å²) >= 11 is 0. The second-order valence-electron chi connectivity index (χ2n) is 4.91. The molecule has 116 valence electrons. The minimum absolute atomic E-state index is 0.0117. The summed E-state index contributed by atoms with van der Waals surface area (Å²) in [7, 11) is -2.73. The molecular weight excluding hydrogens is 296 g/mol. The van der Waals surface area contributed by atoms with Crippen LogP contribution >= 0.6 is 0 Å². The molecular formula is C13H18N2O5S. The third-order valence-electron chi connectivity index (χ3n) is 3.39. The Balaban J connectivity index is 2.48. The largest absolute Gasteiger partial charge is 0.465 e. The molecule has 1 heterocycles. The number of β-amino-alcohol motifs (C(OH)–C–C–N with tert-alkyl or cyclic N) is 1. The summed E-state index contributed by atoms with van der Waals surface area (Å²) in [5.41, 5.74) is 5.81. The smallest absolute Gasteiger partial charge is 0.339 e. The van der Waals surface area contributed by atoms with Crippen LogP contribution in [0.2, 0.25) is 0 Å². The van der Waals surface area contributed by atoms with E-state index in [1.165, 1.54) is 29.6 Å². The number of ether oxygens (including phenoxy) is 1. The molecule has 2 rings (SSSR count). The number of sulfonamides is 1. The van der Waals surface area contributed by atoms with Gasteiger partial charge in [-0.15, -0.1) is 0 Å². The molecule has 8 heteroatoms. The summed E-state index contributed by atoms with van der Waals surface area (Å²) in [6, 6.07) is 4.01. The van der Waals surface area contributed by atoms with E-state index in [1.54, 1.807) is 0 Å². The summed E-state index contributed by atoms with van der Waals surface area (Å²) in [5, 5.41) is 9.65. The number of nitrogens with two attached hydrogens (primary N) is 1. The molecule has 0 bridgehead atoms. The number of esters is 1. The minimum Gasteiger partial charge on any atom is -0.465 e. The van der Waals surface area contributed by atoms with E-state index in [9.17, 15) is 18.3 Å². The van der Waals surface area contributed by atoms with E-state index in [-0.39, 0.29) is 22.7 Å². The molecule has 0 radical (unpaired) electrons. The van der Waals surface area contributed by atoms with Crippen molar-refractivity contribution in [1.29, 1.82) is 0 Å². The number of benzene rings is 1. The van der Waals surface area contributed by atoms with Crippen LogP contribution in [0.4, 0.5) is 5.69 Å². The van der Waals surface area contributed by atoms with Crippen molar-refractivity contribution in [3.05, 3.63) is 23.8 Å². The van der Waals surface area contributed by atoms with E-state index in [4.69, 9.17) is 5.73 Å². The second kappa shape index (κ2) is 6.00. The molecule has 0 aromatic heterocycles. The number of piperidine rings is 1.